The van der Waals surface area contributed by atoms with Gasteiger partial charge >= 0.3 is 11.9 Å². The monoisotopic (exact) mass is 360 g/mol. The molecule has 0 spiro atoms. The van der Waals surface area contributed by atoms with E-state index in [0.717, 1.165) is 0 Å². The third-order valence-corrected chi connectivity index (χ3v) is 4.26. The lowest BCUT2D eigenvalue weighted by Crippen LogP contribution is -2.29. The molecule has 0 saturated carbocycles. The standard InChI is InChI=1S/C17H16N2O5S/c1-2-23-16(21)9-15-19(14(20)11-25-15)7-8-24-17(22)13-5-3-12(10-18)4-6-13/h3-6,9H,2,7-8,11H2,1H3/b15-9-. The summed E-state index contributed by atoms with van der Waals surface area (Å²) in [5, 5.41) is 9.22. The fourth-order valence-electron chi connectivity index (χ4n) is 2.05. The topological polar surface area (TPSA) is 96.7 Å². The first-order valence-corrected chi connectivity index (χ1v) is 8.52. The Balaban J connectivity index is 1.90. The van der Waals surface area contributed by atoms with E-state index < -0.39 is 11.9 Å². The minimum absolute atomic E-state index is 0.00863. The molecule has 1 fully saturated rings. The first kappa shape index (κ1) is 18.5. The van der Waals surface area contributed by atoms with Crippen LogP contribution in [0, 0.1) is 11.3 Å². The molecule has 0 unspecified atom stereocenters. The summed E-state index contributed by atoms with van der Waals surface area (Å²) in [6.07, 6.45) is 1.27. The second-order valence-electron chi connectivity index (χ2n) is 4.89. The molecule has 0 atom stereocenters. The molecule has 1 saturated heterocycles. The van der Waals surface area contributed by atoms with Gasteiger partial charge in [0.2, 0.25) is 5.91 Å². The van der Waals surface area contributed by atoms with Crippen LogP contribution in [0.15, 0.2) is 35.4 Å². The summed E-state index contributed by atoms with van der Waals surface area (Å²) in [6, 6.07) is 8.02. The highest BCUT2D eigenvalue weighted by Gasteiger charge is 2.27. The van der Waals surface area contributed by atoms with Crippen LogP contribution in [0.2, 0.25) is 0 Å². The summed E-state index contributed by atoms with van der Waals surface area (Å²) in [5.41, 5.74) is 0.772. The number of nitriles is 1. The number of ether oxygens (including phenoxy) is 2. The van der Waals surface area contributed by atoms with Gasteiger partial charge in [-0.05, 0) is 31.2 Å². The predicted octanol–water partition coefficient (Wildman–Crippen LogP) is 1.69. The van der Waals surface area contributed by atoms with Gasteiger partial charge in [-0.15, -0.1) is 0 Å². The number of carbonyl (C=O) groups excluding carboxylic acids is 3. The molecule has 0 aromatic heterocycles. The summed E-state index contributed by atoms with van der Waals surface area (Å²) in [6.45, 7) is 2.09. The Kier molecular flexibility index (Phi) is 6.60. The summed E-state index contributed by atoms with van der Waals surface area (Å²) >= 11 is 1.24. The average Bonchev–Trinajstić information content (AvgIpc) is 2.95. The fourth-order valence-corrected chi connectivity index (χ4v) is 3.00. The molecule has 25 heavy (non-hydrogen) atoms. The smallest absolute Gasteiger partial charge is 0.338 e. The van der Waals surface area contributed by atoms with Crippen molar-refractivity contribution in [2.45, 2.75) is 6.92 Å². The van der Waals surface area contributed by atoms with Crippen molar-refractivity contribution in [2.75, 3.05) is 25.5 Å². The van der Waals surface area contributed by atoms with Crippen molar-refractivity contribution in [1.82, 2.24) is 4.90 Å². The van der Waals surface area contributed by atoms with Crippen LogP contribution in [-0.2, 0) is 19.1 Å². The average molecular weight is 360 g/mol. The van der Waals surface area contributed by atoms with Crippen LogP contribution < -0.4 is 0 Å². The highest BCUT2D eigenvalue weighted by atomic mass is 32.2. The second kappa shape index (κ2) is 8.89. The van der Waals surface area contributed by atoms with Crippen LogP contribution in [-0.4, -0.2) is 48.3 Å². The number of rotatable bonds is 6. The van der Waals surface area contributed by atoms with Crippen molar-refractivity contribution in [3.63, 3.8) is 0 Å². The van der Waals surface area contributed by atoms with E-state index in [-0.39, 0.29) is 31.4 Å². The Labute approximate surface area is 149 Å². The number of thioether (sulfide) groups is 1. The minimum atomic E-state index is -0.542. The van der Waals surface area contributed by atoms with E-state index in [2.05, 4.69) is 0 Å². The van der Waals surface area contributed by atoms with Crippen molar-refractivity contribution in [3.8, 4) is 6.07 Å². The van der Waals surface area contributed by atoms with Gasteiger partial charge in [-0.25, -0.2) is 9.59 Å². The van der Waals surface area contributed by atoms with Crippen molar-refractivity contribution in [3.05, 3.63) is 46.5 Å². The van der Waals surface area contributed by atoms with E-state index in [1.807, 2.05) is 6.07 Å². The molecule has 1 aliphatic rings. The Morgan fingerprint density at radius 3 is 2.68 bits per heavy atom. The lowest BCUT2D eigenvalue weighted by atomic mass is 10.1. The Morgan fingerprint density at radius 2 is 2.04 bits per heavy atom. The molecular formula is C17H16N2O5S. The molecule has 7 nitrogen and oxygen atoms in total. The molecule has 0 aliphatic carbocycles. The Morgan fingerprint density at radius 1 is 1.32 bits per heavy atom. The van der Waals surface area contributed by atoms with Crippen molar-refractivity contribution < 1.29 is 23.9 Å². The fraction of sp³-hybridized carbons (Fsp3) is 0.294. The molecule has 1 aromatic rings. The van der Waals surface area contributed by atoms with Gasteiger partial charge in [0.1, 0.15) is 6.61 Å². The van der Waals surface area contributed by atoms with Gasteiger partial charge < -0.3 is 14.4 Å². The van der Waals surface area contributed by atoms with E-state index in [0.29, 0.717) is 16.2 Å². The maximum absolute atomic E-state index is 11.9. The normalized spacial score (nSPS) is 15.1. The molecule has 0 N–H and O–H groups in total. The molecule has 1 aliphatic heterocycles. The number of benzene rings is 1. The molecular weight excluding hydrogens is 344 g/mol. The SMILES string of the molecule is CCOC(=O)/C=C1\SCC(=O)N1CCOC(=O)c1ccc(C#N)cc1. The molecule has 8 heteroatoms. The Bertz CT molecular complexity index is 736. The molecule has 0 bridgehead atoms. The zero-order chi connectivity index (χ0) is 18.2. The lowest BCUT2D eigenvalue weighted by molar-refractivity contribution is -0.137. The van der Waals surface area contributed by atoms with Gasteiger partial charge in [0, 0.05) is 0 Å². The summed E-state index contributed by atoms with van der Waals surface area (Å²) in [7, 11) is 0. The van der Waals surface area contributed by atoms with Crippen LogP contribution in [0.5, 0.6) is 0 Å². The summed E-state index contributed by atoms with van der Waals surface area (Å²) in [4.78, 5) is 36.7. The number of esters is 2. The van der Waals surface area contributed by atoms with Crippen LogP contribution >= 0.6 is 11.8 Å². The second-order valence-corrected chi connectivity index (χ2v) is 5.89. The number of carbonyl (C=O) groups is 3. The van der Waals surface area contributed by atoms with E-state index in [9.17, 15) is 14.4 Å². The lowest BCUT2D eigenvalue weighted by Gasteiger charge is -2.16. The van der Waals surface area contributed by atoms with Crippen molar-refractivity contribution in [2.24, 2.45) is 0 Å². The first-order chi connectivity index (χ1) is 12.0. The molecule has 130 valence electrons. The highest BCUT2D eigenvalue weighted by Crippen LogP contribution is 2.28. The highest BCUT2D eigenvalue weighted by molar-refractivity contribution is 8.04. The third-order valence-electron chi connectivity index (χ3n) is 3.24. The molecule has 0 radical (unpaired) electrons. The van der Waals surface area contributed by atoms with E-state index in [1.165, 1.54) is 47.0 Å². The predicted molar refractivity (Wildman–Crippen MR) is 90.3 cm³/mol. The van der Waals surface area contributed by atoms with Gasteiger partial charge in [0.15, 0.2) is 0 Å². The zero-order valence-electron chi connectivity index (χ0n) is 13.6. The van der Waals surface area contributed by atoms with Crippen LogP contribution in [0.25, 0.3) is 0 Å². The maximum atomic E-state index is 11.9. The first-order valence-electron chi connectivity index (χ1n) is 7.54. The van der Waals surface area contributed by atoms with Crippen molar-refractivity contribution in [1.29, 1.82) is 5.26 Å². The van der Waals surface area contributed by atoms with Gasteiger partial charge in [-0.3, -0.25) is 4.79 Å². The van der Waals surface area contributed by atoms with E-state index >= 15 is 0 Å². The number of hydrogen-bond acceptors (Lipinski definition) is 7. The van der Waals surface area contributed by atoms with Crippen LogP contribution in [0.1, 0.15) is 22.8 Å². The van der Waals surface area contributed by atoms with E-state index in [4.69, 9.17) is 14.7 Å². The van der Waals surface area contributed by atoms with Gasteiger partial charge in [-0.1, -0.05) is 11.8 Å². The number of amides is 1. The minimum Gasteiger partial charge on any atom is -0.463 e. The van der Waals surface area contributed by atoms with Crippen molar-refractivity contribution >= 4 is 29.6 Å². The van der Waals surface area contributed by atoms with Gasteiger partial charge in [-0.2, -0.15) is 5.26 Å². The largest absolute Gasteiger partial charge is 0.463 e. The summed E-state index contributed by atoms with van der Waals surface area (Å²) in [5.74, 6) is -0.983. The zero-order valence-corrected chi connectivity index (χ0v) is 14.4. The van der Waals surface area contributed by atoms with Crippen LogP contribution in [0.4, 0.5) is 0 Å². The molecule has 2 rings (SSSR count). The molecule has 1 amide bonds. The quantitative estimate of drug-likeness (QED) is 0.562. The molecule has 1 heterocycles. The van der Waals surface area contributed by atoms with Gasteiger partial charge in [0.05, 0.1) is 47.2 Å². The molecule has 1 aromatic carbocycles. The van der Waals surface area contributed by atoms with E-state index in [1.54, 1.807) is 6.92 Å². The van der Waals surface area contributed by atoms with Gasteiger partial charge in [0.25, 0.3) is 0 Å². The number of hydrogen-bond donors (Lipinski definition) is 0. The van der Waals surface area contributed by atoms with Crippen LogP contribution in [0.3, 0.4) is 0 Å². The summed E-state index contributed by atoms with van der Waals surface area (Å²) < 4.78 is 9.98. The Hall–Kier alpha value is -2.79. The number of nitrogens with zero attached hydrogens (tertiary/aromatic N) is 2. The maximum Gasteiger partial charge on any atom is 0.338 e. The third kappa shape index (κ3) is 5.09.